The number of fused-ring (bicyclic) bond motifs is 1. The number of unbranched alkanes of at least 4 members (excludes halogenated alkanes) is 1. The molecule has 0 spiro atoms. The monoisotopic (exact) mass is 352 g/mol. The van der Waals surface area contributed by atoms with E-state index in [1.165, 1.54) is 0 Å². The maximum Gasteiger partial charge on any atom is 0.343 e. The van der Waals surface area contributed by atoms with E-state index in [0.717, 1.165) is 12.8 Å². The van der Waals surface area contributed by atoms with Gasteiger partial charge in [-0.15, -0.1) is 0 Å². The summed E-state index contributed by atoms with van der Waals surface area (Å²) in [5.74, 6) is -0.483. The molecule has 0 aliphatic carbocycles. The minimum atomic E-state index is -0.586. The van der Waals surface area contributed by atoms with Crippen molar-refractivity contribution in [3.63, 3.8) is 0 Å². The molecule has 0 aliphatic heterocycles. The third-order valence-electron chi connectivity index (χ3n) is 4.15. The van der Waals surface area contributed by atoms with Gasteiger partial charge < -0.3 is 14.3 Å². The smallest absolute Gasteiger partial charge is 0.343 e. The minimum Gasteiger partial charge on any atom is -0.507 e. The molecule has 5 nitrogen and oxygen atoms in total. The molecule has 1 aromatic heterocycles. The highest BCUT2D eigenvalue weighted by Gasteiger charge is 2.15. The number of benzene rings is 2. The number of rotatable bonds is 6. The molecule has 0 unspecified atom stereocenters. The number of hydrogen-bond acceptors (Lipinski definition) is 5. The van der Waals surface area contributed by atoms with Crippen LogP contribution in [0, 0.1) is 0 Å². The van der Waals surface area contributed by atoms with Gasteiger partial charge >= 0.3 is 11.6 Å². The van der Waals surface area contributed by atoms with Gasteiger partial charge in [-0.05, 0) is 36.2 Å². The van der Waals surface area contributed by atoms with Gasteiger partial charge in [0.2, 0.25) is 0 Å². The first-order valence-corrected chi connectivity index (χ1v) is 8.60. The van der Waals surface area contributed by atoms with Gasteiger partial charge in [-0.25, -0.2) is 9.59 Å². The first-order valence-electron chi connectivity index (χ1n) is 8.60. The molecule has 26 heavy (non-hydrogen) atoms. The Kier molecular flexibility index (Phi) is 5.37. The van der Waals surface area contributed by atoms with Crippen molar-refractivity contribution in [2.45, 2.75) is 26.2 Å². The van der Waals surface area contributed by atoms with Gasteiger partial charge in [0.1, 0.15) is 11.3 Å². The topological polar surface area (TPSA) is 76.7 Å². The highest BCUT2D eigenvalue weighted by molar-refractivity contribution is 5.89. The van der Waals surface area contributed by atoms with Gasteiger partial charge in [0.05, 0.1) is 23.1 Å². The van der Waals surface area contributed by atoms with Crippen LogP contribution in [0.25, 0.3) is 11.0 Å². The van der Waals surface area contributed by atoms with Crippen molar-refractivity contribution >= 4 is 16.9 Å². The molecule has 5 heteroatoms. The van der Waals surface area contributed by atoms with Crippen LogP contribution in [0.4, 0.5) is 0 Å². The molecule has 0 fully saturated rings. The zero-order chi connectivity index (χ0) is 18.5. The number of ether oxygens (including phenoxy) is 1. The molecule has 0 radical (unpaired) electrons. The summed E-state index contributed by atoms with van der Waals surface area (Å²) in [5, 5.41) is 10.9. The molecule has 1 N–H and O–H groups in total. The lowest BCUT2D eigenvalue weighted by Gasteiger charge is -2.08. The predicted molar refractivity (Wildman–Crippen MR) is 98.6 cm³/mol. The molecule has 2 aromatic carbocycles. The molecule has 0 bridgehead atoms. The molecule has 0 saturated heterocycles. The van der Waals surface area contributed by atoms with Crippen LogP contribution in [-0.4, -0.2) is 17.7 Å². The van der Waals surface area contributed by atoms with E-state index in [1.807, 2.05) is 6.92 Å². The average molecular weight is 352 g/mol. The second-order valence-corrected chi connectivity index (χ2v) is 6.08. The molecule has 0 amide bonds. The zero-order valence-corrected chi connectivity index (χ0v) is 14.5. The summed E-state index contributed by atoms with van der Waals surface area (Å²) in [5.41, 5.74) is 1.06. The molecule has 0 aliphatic rings. The van der Waals surface area contributed by atoms with Crippen LogP contribution in [0.15, 0.2) is 57.7 Å². The van der Waals surface area contributed by atoms with E-state index >= 15 is 0 Å². The van der Waals surface area contributed by atoms with Crippen LogP contribution in [-0.2, 0) is 11.2 Å². The molecule has 0 atom stereocenters. The number of esters is 1. The Balaban J connectivity index is 1.88. The Morgan fingerprint density at radius 1 is 1.15 bits per heavy atom. The Morgan fingerprint density at radius 3 is 2.77 bits per heavy atom. The standard InChI is InChI=1S/C21H20O5/c1-2-3-11-25-20(23)15-8-6-7-14(12-15)13-17-19(22)16-9-4-5-10-18(16)26-21(17)24/h4-10,12,22H,2-3,11,13H2,1H3. The molecule has 134 valence electrons. The van der Waals surface area contributed by atoms with E-state index in [1.54, 1.807) is 48.5 Å². The third kappa shape index (κ3) is 3.77. The van der Waals surface area contributed by atoms with Gasteiger partial charge in [-0.3, -0.25) is 0 Å². The lowest BCUT2D eigenvalue weighted by atomic mass is 10.0. The normalized spacial score (nSPS) is 10.8. The highest BCUT2D eigenvalue weighted by atomic mass is 16.5. The van der Waals surface area contributed by atoms with Crippen molar-refractivity contribution < 1.29 is 19.1 Å². The van der Waals surface area contributed by atoms with Crippen LogP contribution >= 0.6 is 0 Å². The summed E-state index contributed by atoms with van der Waals surface area (Å²) in [6, 6.07) is 13.7. The number of para-hydroxylation sites is 1. The highest BCUT2D eigenvalue weighted by Crippen LogP contribution is 2.27. The van der Waals surface area contributed by atoms with Crippen molar-refractivity contribution in [3.8, 4) is 5.75 Å². The SMILES string of the molecule is CCCCOC(=O)c1cccc(Cc2c(O)c3ccccc3oc2=O)c1. The molecule has 1 heterocycles. The Hall–Kier alpha value is -3.08. The fraction of sp³-hybridized carbons (Fsp3) is 0.238. The van der Waals surface area contributed by atoms with Crippen LogP contribution in [0.3, 0.4) is 0 Å². The summed E-state index contributed by atoms with van der Waals surface area (Å²) in [4.78, 5) is 24.3. The van der Waals surface area contributed by atoms with Crippen molar-refractivity contribution in [1.82, 2.24) is 0 Å². The lowest BCUT2D eigenvalue weighted by molar-refractivity contribution is 0.0499. The van der Waals surface area contributed by atoms with E-state index in [-0.39, 0.29) is 17.7 Å². The number of hydrogen-bond donors (Lipinski definition) is 1. The van der Waals surface area contributed by atoms with Gasteiger partial charge in [0.15, 0.2) is 0 Å². The summed E-state index contributed by atoms with van der Waals surface area (Å²) >= 11 is 0. The summed E-state index contributed by atoms with van der Waals surface area (Å²) < 4.78 is 10.5. The summed E-state index contributed by atoms with van der Waals surface area (Å²) in [6.45, 7) is 2.41. The Morgan fingerprint density at radius 2 is 1.96 bits per heavy atom. The molecular formula is C21H20O5. The van der Waals surface area contributed by atoms with E-state index in [4.69, 9.17) is 9.15 Å². The minimum absolute atomic E-state index is 0.0900. The van der Waals surface area contributed by atoms with E-state index in [9.17, 15) is 14.7 Å². The fourth-order valence-corrected chi connectivity index (χ4v) is 2.73. The quantitative estimate of drug-likeness (QED) is 0.411. The maximum absolute atomic E-state index is 12.2. The summed E-state index contributed by atoms with van der Waals surface area (Å²) in [7, 11) is 0. The second kappa shape index (κ2) is 7.87. The van der Waals surface area contributed by atoms with Gasteiger partial charge in [0, 0.05) is 6.42 Å². The molecular weight excluding hydrogens is 332 g/mol. The van der Waals surface area contributed by atoms with E-state index in [2.05, 4.69) is 0 Å². The molecule has 3 aromatic rings. The molecule has 0 saturated carbocycles. The van der Waals surface area contributed by atoms with E-state index < -0.39 is 11.6 Å². The predicted octanol–water partition coefficient (Wildman–Crippen LogP) is 4.05. The van der Waals surface area contributed by atoms with Crippen LogP contribution in [0.5, 0.6) is 5.75 Å². The first-order chi connectivity index (χ1) is 12.6. The van der Waals surface area contributed by atoms with Gasteiger partial charge in [0.25, 0.3) is 0 Å². The van der Waals surface area contributed by atoms with Crippen molar-refractivity contribution in [1.29, 1.82) is 0 Å². The second-order valence-electron chi connectivity index (χ2n) is 6.08. The average Bonchev–Trinajstić information content (AvgIpc) is 2.65. The summed E-state index contributed by atoms with van der Waals surface area (Å²) in [6.07, 6.45) is 1.93. The van der Waals surface area contributed by atoms with Gasteiger partial charge in [-0.1, -0.05) is 37.6 Å². The van der Waals surface area contributed by atoms with E-state index in [0.29, 0.717) is 28.7 Å². The van der Waals surface area contributed by atoms with Crippen molar-refractivity contribution in [3.05, 3.63) is 75.6 Å². The number of carbonyl (C=O) groups excluding carboxylic acids is 1. The van der Waals surface area contributed by atoms with Crippen molar-refractivity contribution in [2.24, 2.45) is 0 Å². The van der Waals surface area contributed by atoms with Crippen LogP contribution in [0.1, 0.15) is 41.3 Å². The Labute approximate surface area is 150 Å². The van der Waals surface area contributed by atoms with Crippen LogP contribution in [0.2, 0.25) is 0 Å². The Bertz CT molecular complexity index is 987. The maximum atomic E-state index is 12.2. The van der Waals surface area contributed by atoms with Gasteiger partial charge in [-0.2, -0.15) is 0 Å². The number of aromatic hydroxyl groups is 1. The lowest BCUT2D eigenvalue weighted by Crippen LogP contribution is -2.10. The fourth-order valence-electron chi connectivity index (χ4n) is 2.73. The molecule has 3 rings (SSSR count). The number of carbonyl (C=O) groups is 1. The largest absolute Gasteiger partial charge is 0.507 e. The van der Waals surface area contributed by atoms with Crippen molar-refractivity contribution in [2.75, 3.05) is 6.61 Å². The van der Waals surface area contributed by atoms with Crippen LogP contribution < -0.4 is 5.63 Å². The zero-order valence-electron chi connectivity index (χ0n) is 14.5. The first kappa shape index (κ1) is 17.7. The third-order valence-corrected chi connectivity index (χ3v) is 4.15.